The standard InChI is InChI=1S/C15H16N2O4S/c1-17(2)22(20,21)14-8-3-5-11(9-14)15(19)16-12-6-4-7-13(18)10-12/h3-10,18H,1-2H3,(H,16,19). The minimum absolute atomic E-state index is 0.0294. The summed E-state index contributed by atoms with van der Waals surface area (Å²) in [6.45, 7) is 0. The molecule has 0 heterocycles. The zero-order valence-corrected chi connectivity index (χ0v) is 13.0. The first kappa shape index (κ1) is 16.0. The Kier molecular flexibility index (Phi) is 4.48. The van der Waals surface area contributed by atoms with Gasteiger partial charge in [0.15, 0.2) is 0 Å². The predicted octanol–water partition coefficient (Wildman–Crippen LogP) is 1.89. The number of hydrogen-bond acceptors (Lipinski definition) is 4. The lowest BCUT2D eigenvalue weighted by Crippen LogP contribution is -2.22. The van der Waals surface area contributed by atoms with E-state index in [9.17, 15) is 18.3 Å². The molecule has 0 atom stereocenters. The van der Waals surface area contributed by atoms with E-state index < -0.39 is 15.9 Å². The van der Waals surface area contributed by atoms with Crippen LogP contribution in [-0.2, 0) is 10.0 Å². The number of aromatic hydroxyl groups is 1. The maximum Gasteiger partial charge on any atom is 0.255 e. The highest BCUT2D eigenvalue weighted by Crippen LogP contribution is 2.18. The summed E-state index contributed by atoms with van der Waals surface area (Å²) in [7, 11) is -0.748. The predicted molar refractivity (Wildman–Crippen MR) is 83.4 cm³/mol. The van der Waals surface area contributed by atoms with Crippen molar-refractivity contribution in [2.75, 3.05) is 19.4 Å². The third kappa shape index (κ3) is 3.44. The van der Waals surface area contributed by atoms with Crippen molar-refractivity contribution in [2.45, 2.75) is 4.90 Å². The lowest BCUT2D eigenvalue weighted by Gasteiger charge is -2.12. The summed E-state index contributed by atoms with van der Waals surface area (Å²) in [5.41, 5.74) is 0.636. The second-order valence-corrected chi connectivity index (χ2v) is 6.97. The van der Waals surface area contributed by atoms with Gasteiger partial charge in [-0.3, -0.25) is 4.79 Å². The number of phenols is 1. The highest BCUT2D eigenvalue weighted by atomic mass is 32.2. The lowest BCUT2D eigenvalue weighted by molar-refractivity contribution is 0.102. The van der Waals surface area contributed by atoms with Gasteiger partial charge in [0.05, 0.1) is 4.90 Å². The second kappa shape index (κ2) is 6.17. The molecule has 7 heteroatoms. The van der Waals surface area contributed by atoms with E-state index in [2.05, 4.69) is 5.32 Å². The zero-order valence-electron chi connectivity index (χ0n) is 12.1. The molecule has 2 aromatic carbocycles. The number of anilines is 1. The van der Waals surface area contributed by atoms with Crippen LogP contribution in [0, 0.1) is 0 Å². The van der Waals surface area contributed by atoms with Gasteiger partial charge < -0.3 is 10.4 Å². The van der Waals surface area contributed by atoms with Crippen molar-refractivity contribution < 1.29 is 18.3 Å². The van der Waals surface area contributed by atoms with Crippen molar-refractivity contribution in [3.05, 3.63) is 54.1 Å². The van der Waals surface area contributed by atoms with E-state index in [4.69, 9.17) is 0 Å². The van der Waals surface area contributed by atoms with Gasteiger partial charge >= 0.3 is 0 Å². The fourth-order valence-corrected chi connectivity index (χ4v) is 2.74. The smallest absolute Gasteiger partial charge is 0.255 e. The average molecular weight is 320 g/mol. The van der Waals surface area contributed by atoms with Crippen molar-refractivity contribution in [1.82, 2.24) is 4.31 Å². The molecule has 116 valence electrons. The normalized spacial score (nSPS) is 11.4. The van der Waals surface area contributed by atoms with E-state index in [1.807, 2.05) is 0 Å². The molecule has 22 heavy (non-hydrogen) atoms. The Bertz CT molecular complexity index is 801. The number of rotatable bonds is 4. The van der Waals surface area contributed by atoms with E-state index >= 15 is 0 Å². The van der Waals surface area contributed by atoms with Crippen molar-refractivity contribution in [1.29, 1.82) is 0 Å². The zero-order chi connectivity index (χ0) is 16.3. The minimum atomic E-state index is -3.60. The third-order valence-electron chi connectivity index (χ3n) is 2.98. The quantitative estimate of drug-likeness (QED) is 0.901. The van der Waals surface area contributed by atoms with Crippen LogP contribution in [0.5, 0.6) is 5.75 Å². The molecule has 0 aliphatic heterocycles. The molecule has 0 fully saturated rings. The van der Waals surface area contributed by atoms with Gasteiger partial charge in [-0.25, -0.2) is 12.7 Å². The van der Waals surface area contributed by atoms with Gasteiger partial charge in [0, 0.05) is 31.4 Å². The Hall–Kier alpha value is -2.38. The molecule has 1 amide bonds. The Morgan fingerprint density at radius 2 is 1.77 bits per heavy atom. The van der Waals surface area contributed by atoms with Crippen LogP contribution < -0.4 is 5.32 Å². The van der Waals surface area contributed by atoms with Crippen LogP contribution in [0.25, 0.3) is 0 Å². The molecule has 0 saturated carbocycles. The molecule has 2 rings (SSSR count). The molecule has 2 aromatic rings. The molecule has 0 aromatic heterocycles. The molecule has 0 bridgehead atoms. The third-order valence-corrected chi connectivity index (χ3v) is 4.79. The summed E-state index contributed by atoms with van der Waals surface area (Å²) in [5.74, 6) is -0.428. The molecular weight excluding hydrogens is 304 g/mol. The monoisotopic (exact) mass is 320 g/mol. The van der Waals surface area contributed by atoms with Crippen molar-refractivity contribution in [3.63, 3.8) is 0 Å². The van der Waals surface area contributed by atoms with E-state index in [1.54, 1.807) is 12.1 Å². The van der Waals surface area contributed by atoms with Gasteiger partial charge in [-0.2, -0.15) is 0 Å². The number of amides is 1. The highest BCUT2D eigenvalue weighted by molar-refractivity contribution is 7.89. The maximum absolute atomic E-state index is 12.2. The largest absolute Gasteiger partial charge is 0.508 e. The summed E-state index contributed by atoms with van der Waals surface area (Å²) < 4.78 is 25.2. The van der Waals surface area contributed by atoms with Crippen LogP contribution in [0.4, 0.5) is 5.69 Å². The molecule has 2 N–H and O–H groups in total. The Morgan fingerprint density at radius 1 is 1.09 bits per heavy atom. The van der Waals surface area contributed by atoms with E-state index in [0.29, 0.717) is 5.69 Å². The molecule has 0 radical (unpaired) electrons. The highest BCUT2D eigenvalue weighted by Gasteiger charge is 2.18. The molecule has 0 saturated heterocycles. The van der Waals surface area contributed by atoms with E-state index in [-0.39, 0.29) is 16.2 Å². The number of nitrogens with zero attached hydrogens (tertiary/aromatic N) is 1. The molecule has 6 nitrogen and oxygen atoms in total. The van der Waals surface area contributed by atoms with E-state index in [1.165, 1.54) is 50.5 Å². The van der Waals surface area contributed by atoms with Crippen LogP contribution in [0.3, 0.4) is 0 Å². The van der Waals surface area contributed by atoms with Gasteiger partial charge in [0.25, 0.3) is 5.91 Å². The lowest BCUT2D eigenvalue weighted by atomic mass is 10.2. The summed E-state index contributed by atoms with van der Waals surface area (Å²) in [6.07, 6.45) is 0. The van der Waals surface area contributed by atoms with Crippen LogP contribution >= 0.6 is 0 Å². The molecule has 0 aliphatic carbocycles. The number of benzene rings is 2. The number of phenolic OH excluding ortho intramolecular Hbond substituents is 1. The maximum atomic E-state index is 12.2. The number of carbonyl (C=O) groups excluding carboxylic acids is 1. The van der Waals surface area contributed by atoms with Crippen molar-refractivity contribution in [3.8, 4) is 5.75 Å². The first-order valence-electron chi connectivity index (χ1n) is 6.43. The number of hydrogen-bond donors (Lipinski definition) is 2. The Balaban J connectivity index is 2.28. The van der Waals surface area contributed by atoms with Crippen molar-refractivity contribution >= 4 is 21.6 Å². The summed E-state index contributed by atoms with van der Waals surface area (Å²) in [6, 6.07) is 11.9. The topological polar surface area (TPSA) is 86.7 Å². The van der Waals surface area contributed by atoms with Crippen LogP contribution in [-0.4, -0.2) is 37.8 Å². The molecule has 0 spiro atoms. The van der Waals surface area contributed by atoms with Gasteiger partial charge in [-0.1, -0.05) is 12.1 Å². The van der Waals surface area contributed by atoms with Crippen LogP contribution in [0.1, 0.15) is 10.4 Å². The van der Waals surface area contributed by atoms with Gasteiger partial charge in [0.2, 0.25) is 10.0 Å². The summed E-state index contributed by atoms with van der Waals surface area (Å²) >= 11 is 0. The average Bonchev–Trinajstić information content (AvgIpc) is 2.47. The fraction of sp³-hybridized carbons (Fsp3) is 0.133. The second-order valence-electron chi connectivity index (χ2n) is 4.82. The number of nitrogens with one attached hydrogen (secondary N) is 1. The van der Waals surface area contributed by atoms with Crippen LogP contribution in [0.2, 0.25) is 0 Å². The van der Waals surface area contributed by atoms with Gasteiger partial charge in [-0.05, 0) is 30.3 Å². The minimum Gasteiger partial charge on any atom is -0.508 e. The first-order chi connectivity index (χ1) is 10.3. The fourth-order valence-electron chi connectivity index (χ4n) is 1.80. The summed E-state index contributed by atoms with van der Waals surface area (Å²) in [5, 5.41) is 12.0. The summed E-state index contributed by atoms with van der Waals surface area (Å²) in [4.78, 5) is 12.2. The van der Waals surface area contributed by atoms with E-state index in [0.717, 1.165) is 4.31 Å². The molecular formula is C15H16N2O4S. The molecule has 0 aliphatic rings. The first-order valence-corrected chi connectivity index (χ1v) is 7.87. The number of carbonyl (C=O) groups is 1. The number of sulfonamides is 1. The molecule has 0 unspecified atom stereocenters. The van der Waals surface area contributed by atoms with Crippen LogP contribution in [0.15, 0.2) is 53.4 Å². The SMILES string of the molecule is CN(C)S(=O)(=O)c1cccc(C(=O)Nc2cccc(O)c2)c1. The van der Waals surface area contributed by atoms with Gasteiger partial charge in [-0.15, -0.1) is 0 Å². The van der Waals surface area contributed by atoms with Gasteiger partial charge in [0.1, 0.15) is 5.75 Å². The Labute approximate surface area is 129 Å². The van der Waals surface area contributed by atoms with Crippen molar-refractivity contribution in [2.24, 2.45) is 0 Å². The Morgan fingerprint density at radius 3 is 2.41 bits per heavy atom.